The van der Waals surface area contributed by atoms with Crippen LogP contribution in [0, 0.1) is 13.8 Å². The van der Waals surface area contributed by atoms with Crippen LogP contribution in [0.5, 0.6) is 0 Å². The van der Waals surface area contributed by atoms with Crippen molar-refractivity contribution in [1.29, 1.82) is 0 Å². The third-order valence-corrected chi connectivity index (χ3v) is 5.56. The Hall–Kier alpha value is -2.13. The average molecular weight is 366 g/mol. The van der Waals surface area contributed by atoms with Crippen LogP contribution in [0.1, 0.15) is 24.5 Å². The van der Waals surface area contributed by atoms with Gasteiger partial charge >= 0.3 is 12.0 Å². The van der Waals surface area contributed by atoms with E-state index in [0.29, 0.717) is 21.6 Å². The van der Waals surface area contributed by atoms with E-state index in [4.69, 9.17) is 5.11 Å². The minimum Gasteiger partial charge on any atom is -0.480 e. The van der Waals surface area contributed by atoms with Gasteiger partial charge in [0.15, 0.2) is 4.34 Å². The Balaban J connectivity index is 1.95. The van der Waals surface area contributed by atoms with E-state index in [9.17, 15) is 9.59 Å². The number of aliphatic carboxylic acids is 1. The van der Waals surface area contributed by atoms with Crippen molar-refractivity contribution in [3.63, 3.8) is 0 Å². The molecule has 3 N–H and O–H groups in total. The highest BCUT2D eigenvalue weighted by Crippen LogP contribution is 2.30. The number of thioether (sulfide) groups is 1. The second kappa shape index (κ2) is 8.11. The SMILES string of the molecule is CC[C@@H](Sc1nnc(NC(=O)Nc2ccc(C)c(C)c2)s1)C(=O)O. The van der Waals surface area contributed by atoms with E-state index in [0.717, 1.165) is 34.2 Å². The minimum atomic E-state index is -0.889. The van der Waals surface area contributed by atoms with E-state index < -0.39 is 17.3 Å². The van der Waals surface area contributed by atoms with Crippen molar-refractivity contribution in [2.75, 3.05) is 10.6 Å². The molecule has 0 radical (unpaired) electrons. The Bertz CT molecular complexity index is 748. The molecule has 0 fully saturated rings. The number of aromatic nitrogens is 2. The quantitative estimate of drug-likeness (QED) is 0.531. The number of rotatable bonds is 6. The Kier molecular flexibility index (Phi) is 6.16. The van der Waals surface area contributed by atoms with Gasteiger partial charge in [-0.3, -0.25) is 10.1 Å². The highest BCUT2D eigenvalue weighted by molar-refractivity contribution is 8.02. The van der Waals surface area contributed by atoms with Crippen molar-refractivity contribution in [2.24, 2.45) is 0 Å². The maximum Gasteiger partial charge on any atom is 0.325 e. The van der Waals surface area contributed by atoms with Gasteiger partial charge in [-0.15, -0.1) is 10.2 Å². The Morgan fingerprint density at radius 1 is 1.25 bits per heavy atom. The number of anilines is 2. The van der Waals surface area contributed by atoms with Crippen LogP contribution in [-0.4, -0.2) is 32.6 Å². The van der Waals surface area contributed by atoms with Gasteiger partial charge in [0.1, 0.15) is 5.25 Å². The lowest BCUT2D eigenvalue weighted by atomic mass is 10.1. The summed E-state index contributed by atoms with van der Waals surface area (Å²) in [5.74, 6) is -0.889. The van der Waals surface area contributed by atoms with Crippen LogP contribution < -0.4 is 10.6 Å². The third-order valence-electron chi connectivity index (χ3n) is 3.28. The van der Waals surface area contributed by atoms with E-state index in [1.165, 1.54) is 0 Å². The lowest BCUT2D eigenvalue weighted by Crippen LogP contribution is -2.19. The molecule has 7 nitrogen and oxygen atoms in total. The first-order valence-electron chi connectivity index (χ1n) is 7.27. The van der Waals surface area contributed by atoms with Crippen LogP contribution >= 0.6 is 23.1 Å². The van der Waals surface area contributed by atoms with Gasteiger partial charge in [-0.1, -0.05) is 36.1 Å². The fraction of sp³-hybridized carbons (Fsp3) is 0.333. The molecule has 1 aromatic heterocycles. The smallest absolute Gasteiger partial charge is 0.325 e. The summed E-state index contributed by atoms with van der Waals surface area (Å²) in [4.78, 5) is 23.0. The number of carbonyl (C=O) groups is 2. The number of carboxylic acid groups (broad SMARTS) is 1. The molecule has 0 aliphatic rings. The third kappa shape index (κ3) is 4.93. The fourth-order valence-electron chi connectivity index (χ4n) is 1.82. The van der Waals surface area contributed by atoms with Crippen molar-refractivity contribution in [1.82, 2.24) is 10.2 Å². The topological polar surface area (TPSA) is 104 Å². The van der Waals surface area contributed by atoms with Crippen LogP contribution in [0.4, 0.5) is 15.6 Å². The van der Waals surface area contributed by atoms with E-state index >= 15 is 0 Å². The van der Waals surface area contributed by atoms with Gasteiger partial charge in [0.05, 0.1) is 0 Å². The number of amides is 2. The Labute approximate surface area is 147 Å². The van der Waals surface area contributed by atoms with Gasteiger partial charge in [0.25, 0.3) is 0 Å². The molecule has 2 aromatic rings. The molecular formula is C15H18N4O3S2. The van der Waals surface area contributed by atoms with Gasteiger partial charge in [-0.2, -0.15) is 0 Å². The molecule has 0 saturated heterocycles. The first-order chi connectivity index (χ1) is 11.4. The van der Waals surface area contributed by atoms with Gasteiger partial charge < -0.3 is 10.4 Å². The van der Waals surface area contributed by atoms with E-state index in [1.54, 1.807) is 6.92 Å². The molecule has 0 aliphatic carbocycles. The molecule has 9 heteroatoms. The summed E-state index contributed by atoms with van der Waals surface area (Å²) in [5, 5.41) is 21.9. The van der Waals surface area contributed by atoms with Gasteiger partial charge in [-0.05, 0) is 43.5 Å². The number of nitrogens with one attached hydrogen (secondary N) is 2. The van der Waals surface area contributed by atoms with Crippen LogP contribution in [0.15, 0.2) is 22.5 Å². The number of carbonyl (C=O) groups excluding carboxylic acids is 1. The molecule has 1 atom stereocenters. The number of hydrogen-bond donors (Lipinski definition) is 3. The predicted octanol–water partition coefficient (Wildman–Crippen LogP) is 3.75. The minimum absolute atomic E-state index is 0.319. The number of aryl methyl sites for hydroxylation is 2. The maximum absolute atomic E-state index is 12.0. The highest BCUT2D eigenvalue weighted by atomic mass is 32.2. The second-order valence-corrected chi connectivity index (χ2v) is 7.53. The average Bonchev–Trinajstić information content (AvgIpc) is 2.95. The standard InChI is InChI=1S/C15H18N4O3S2/c1-4-11(12(20)21)23-15-19-18-14(24-15)17-13(22)16-10-6-5-8(2)9(3)7-10/h5-7,11H,4H2,1-3H3,(H,20,21)(H2,16,17,18,22)/t11-/m1/s1. The molecule has 0 unspecified atom stereocenters. The number of nitrogens with zero attached hydrogens (tertiary/aromatic N) is 2. The number of carboxylic acids is 1. The summed E-state index contributed by atoms with van der Waals surface area (Å²) in [7, 11) is 0. The summed E-state index contributed by atoms with van der Waals surface area (Å²) in [6.45, 7) is 5.77. The molecule has 0 bridgehead atoms. The van der Waals surface area contributed by atoms with E-state index in [1.807, 2.05) is 32.0 Å². The maximum atomic E-state index is 12.0. The zero-order valence-corrected chi connectivity index (χ0v) is 15.1. The Morgan fingerprint density at radius 3 is 2.62 bits per heavy atom. The van der Waals surface area contributed by atoms with E-state index in [-0.39, 0.29) is 0 Å². The number of hydrogen-bond acceptors (Lipinski definition) is 6. The molecule has 0 saturated carbocycles. The molecule has 2 rings (SSSR count). The number of benzene rings is 1. The lowest BCUT2D eigenvalue weighted by molar-refractivity contribution is -0.136. The summed E-state index contributed by atoms with van der Waals surface area (Å²) in [6, 6.07) is 5.22. The monoisotopic (exact) mass is 366 g/mol. The summed E-state index contributed by atoms with van der Waals surface area (Å²) < 4.78 is 0.505. The first-order valence-corrected chi connectivity index (χ1v) is 8.97. The molecule has 128 valence electrons. The number of urea groups is 1. The first kappa shape index (κ1) is 18.2. The van der Waals surface area contributed by atoms with Gasteiger partial charge in [0, 0.05) is 5.69 Å². The van der Waals surface area contributed by atoms with Gasteiger partial charge in [0.2, 0.25) is 5.13 Å². The van der Waals surface area contributed by atoms with E-state index in [2.05, 4.69) is 20.8 Å². The normalized spacial score (nSPS) is 11.8. The largest absolute Gasteiger partial charge is 0.480 e. The van der Waals surface area contributed by atoms with Crippen LogP contribution in [0.3, 0.4) is 0 Å². The molecule has 0 spiro atoms. The lowest BCUT2D eigenvalue weighted by Gasteiger charge is -2.07. The summed E-state index contributed by atoms with van der Waals surface area (Å²) in [6.07, 6.45) is 0.482. The predicted molar refractivity (Wildman–Crippen MR) is 96.0 cm³/mol. The van der Waals surface area contributed by atoms with Crippen LogP contribution in [-0.2, 0) is 4.79 Å². The van der Waals surface area contributed by atoms with Crippen molar-refractivity contribution in [3.05, 3.63) is 29.3 Å². The van der Waals surface area contributed by atoms with Crippen molar-refractivity contribution < 1.29 is 14.7 Å². The summed E-state index contributed by atoms with van der Waals surface area (Å²) in [5.41, 5.74) is 2.92. The molecule has 24 heavy (non-hydrogen) atoms. The molecule has 1 aromatic carbocycles. The molecule has 1 heterocycles. The zero-order chi connectivity index (χ0) is 17.7. The fourth-order valence-corrected chi connectivity index (χ4v) is 3.67. The highest BCUT2D eigenvalue weighted by Gasteiger charge is 2.19. The Morgan fingerprint density at radius 2 is 2.00 bits per heavy atom. The summed E-state index contributed by atoms with van der Waals surface area (Å²) >= 11 is 2.27. The second-order valence-electron chi connectivity index (χ2n) is 5.10. The van der Waals surface area contributed by atoms with Crippen LogP contribution in [0.2, 0.25) is 0 Å². The van der Waals surface area contributed by atoms with Crippen molar-refractivity contribution in [2.45, 2.75) is 36.8 Å². The van der Waals surface area contributed by atoms with Crippen molar-refractivity contribution in [3.8, 4) is 0 Å². The van der Waals surface area contributed by atoms with Crippen LogP contribution in [0.25, 0.3) is 0 Å². The molecule has 0 aliphatic heterocycles. The van der Waals surface area contributed by atoms with Gasteiger partial charge in [-0.25, -0.2) is 4.79 Å². The molecular weight excluding hydrogens is 348 g/mol. The molecule has 2 amide bonds. The zero-order valence-electron chi connectivity index (χ0n) is 13.5. The van der Waals surface area contributed by atoms with Crippen molar-refractivity contribution >= 4 is 45.9 Å².